The van der Waals surface area contributed by atoms with Crippen molar-refractivity contribution in [2.75, 3.05) is 0 Å². The summed E-state index contributed by atoms with van der Waals surface area (Å²) in [7, 11) is -1.50. The Hall–Kier alpha value is -0.763. The van der Waals surface area contributed by atoms with Crippen molar-refractivity contribution in [3.8, 4) is 5.75 Å². The summed E-state index contributed by atoms with van der Waals surface area (Å²) in [6.45, 7) is 6.90. The molecule has 1 aliphatic rings. The zero-order valence-electron chi connectivity index (χ0n) is 11.3. The minimum Gasteiger partial charge on any atom is -0.544 e. The molecule has 0 radical (unpaired) electrons. The van der Waals surface area contributed by atoms with Crippen molar-refractivity contribution in [3.63, 3.8) is 0 Å². The van der Waals surface area contributed by atoms with Gasteiger partial charge in [-0.25, -0.2) is 0 Å². The summed E-state index contributed by atoms with van der Waals surface area (Å²) in [5.41, 5.74) is 1.47. The first-order valence-corrected chi connectivity index (χ1v) is 10.0. The van der Waals surface area contributed by atoms with Crippen LogP contribution in [0.4, 0.5) is 0 Å². The third-order valence-electron chi connectivity index (χ3n) is 3.43. The average molecular weight is 248 g/mol. The van der Waals surface area contributed by atoms with Crippen molar-refractivity contribution in [2.45, 2.75) is 57.7 Å². The highest BCUT2D eigenvalue weighted by atomic mass is 28.4. The Morgan fingerprint density at radius 2 is 2.06 bits per heavy atom. The molecule has 17 heavy (non-hydrogen) atoms. The van der Waals surface area contributed by atoms with Gasteiger partial charge < -0.3 is 4.43 Å². The summed E-state index contributed by atoms with van der Waals surface area (Å²) < 4.78 is 6.26. The van der Waals surface area contributed by atoms with E-state index in [1.807, 2.05) is 0 Å². The highest BCUT2D eigenvalue weighted by Gasteiger charge is 2.26. The van der Waals surface area contributed by atoms with Crippen LogP contribution in [0, 0.1) is 0 Å². The molecule has 0 unspecified atom stereocenters. The first kappa shape index (κ1) is 12.7. The zero-order valence-corrected chi connectivity index (χ0v) is 12.3. The highest BCUT2D eigenvalue weighted by molar-refractivity contribution is 6.71. The van der Waals surface area contributed by atoms with Gasteiger partial charge in [0.25, 0.3) is 0 Å². The number of rotatable bonds is 6. The number of hydrogen-bond donors (Lipinski definition) is 0. The topological polar surface area (TPSA) is 9.23 Å². The predicted octanol–water partition coefficient (Wildman–Crippen LogP) is 4.95. The van der Waals surface area contributed by atoms with E-state index < -0.39 is 8.32 Å². The summed E-state index contributed by atoms with van der Waals surface area (Å²) in [6.07, 6.45) is 5.28. The van der Waals surface area contributed by atoms with Crippen molar-refractivity contribution in [1.29, 1.82) is 0 Å². The molecule has 0 N–H and O–H groups in total. The second-order valence-electron chi connectivity index (χ2n) is 5.81. The van der Waals surface area contributed by atoms with Gasteiger partial charge in [0.15, 0.2) is 0 Å². The smallest absolute Gasteiger partial charge is 0.245 e. The highest BCUT2D eigenvalue weighted by Crippen LogP contribution is 2.41. The Bertz CT molecular complexity index is 369. The Morgan fingerprint density at radius 1 is 1.29 bits per heavy atom. The van der Waals surface area contributed by atoms with Crippen LogP contribution in [0.15, 0.2) is 24.3 Å². The van der Waals surface area contributed by atoms with Crippen LogP contribution in [0.1, 0.15) is 44.1 Å². The lowest BCUT2D eigenvalue weighted by atomic mass is 10.1. The van der Waals surface area contributed by atoms with Gasteiger partial charge in [0, 0.05) is 0 Å². The van der Waals surface area contributed by atoms with E-state index in [0.29, 0.717) is 0 Å². The summed E-state index contributed by atoms with van der Waals surface area (Å²) >= 11 is 0. The van der Waals surface area contributed by atoms with Gasteiger partial charge in [-0.15, -0.1) is 0 Å². The molecule has 1 aromatic carbocycles. The van der Waals surface area contributed by atoms with Crippen molar-refractivity contribution in [1.82, 2.24) is 0 Å². The second kappa shape index (κ2) is 5.26. The number of hydrogen-bond acceptors (Lipinski definition) is 1. The molecule has 2 heteroatoms. The second-order valence-corrected chi connectivity index (χ2v) is 10.0. The van der Waals surface area contributed by atoms with E-state index in [-0.39, 0.29) is 0 Å². The van der Waals surface area contributed by atoms with Crippen molar-refractivity contribution < 1.29 is 4.43 Å². The summed E-state index contributed by atoms with van der Waals surface area (Å²) in [5, 5.41) is 0. The average Bonchev–Trinajstić information content (AvgIpc) is 3.10. The van der Waals surface area contributed by atoms with Crippen molar-refractivity contribution >= 4 is 8.32 Å². The SMILES string of the molecule is CCCC[Si](C)(C)Oc1cccc(C2CC2)c1. The zero-order chi connectivity index (χ0) is 12.3. The molecule has 0 atom stereocenters. The molecule has 0 bridgehead atoms. The third kappa shape index (κ3) is 3.88. The van der Waals surface area contributed by atoms with E-state index in [4.69, 9.17) is 4.43 Å². The lowest BCUT2D eigenvalue weighted by Gasteiger charge is -2.24. The van der Waals surface area contributed by atoms with E-state index >= 15 is 0 Å². The van der Waals surface area contributed by atoms with Crippen LogP contribution >= 0.6 is 0 Å². The van der Waals surface area contributed by atoms with Gasteiger partial charge in [-0.3, -0.25) is 0 Å². The lowest BCUT2D eigenvalue weighted by molar-refractivity contribution is 0.541. The first-order valence-electron chi connectivity index (χ1n) is 6.90. The Kier molecular flexibility index (Phi) is 3.92. The molecular weight excluding hydrogens is 224 g/mol. The van der Waals surface area contributed by atoms with E-state index in [9.17, 15) is 0 Å². The van der Waals surface area contributed by atoms with Gasteiger partial charge in [0.1, 0.15) is 5.75 Å². The van der Waals surface area contributed by atoms with Crippen LogP contribution in [0.3, 0.4) is 0 Å². The van der Waals surface area contributed by atoms with Gasteiger partial charge in [-0.2, -0.15) is 0 Å². The monoisotopic (exact) mass is 248 g/mol. The van der Waals surface area contributed by atoms with Crippen LogP contribution in [-0.4, -0.2) is 8.32 Å². The molecule has 0 aromatic heterocycles. The Labute approximate surface area is 106 Å². The van der Waals surface area contributed by atoms with Gasteiger partial charge in [-0.05, 0) is 55.6 Å². The normalized spacial score (nSPS) is 15.9. The molecule has 2 rings (SSSR count). The molecule has 1 nitrogen and oxygen atoms in total. The fourth-order valence-corrected chi connectivity index (χ4v) is 4.29. The maximum Gasteiger partial charge on any atom is 0.245 e. The Balaban J connectivity index is 1.99. The molecule has 0 spiro atoms. The van der Waals surface area contributed by atoms with Crippen LogP contribution < -0.4 is 4.43 Å². The van der Waals surface area contributed by atoms with Gasteiger partial charge in [0.2, 0.25) is 8.32 Å². The van der Waals surface area contributed by atoms with Crippen LogP contribution in [-0.2, 0) is 0 Å². The molecule has 1 aromatic rings. The molecule has 0 heterocycles. The summed E-state index contributed by atoms with van der Waals surface area (Å²) in [4.78, 5) is 0. The largest absolute Gasteiger partial charge is 0.544 e. The van der Waals surface area contributed by atoms with E-state index in [2.05, 4.69) is 44.3 Å². The molecule has 0 amide bonds. The van der Waals surface area contributed by atoms with Crippen LogP contribution in [0.2, 0.25) is 19.1 Å². The molecule has 1 saturated carbocycles. The van der Waals surface area contributed by atoms with Gasteiger partial charge in [0.05, 0.1) is 0 Å². The van der Waals surface area contributed by atoms with Crippen molar-refractivity contribution in [3.05, 3.63) is 29.8 Å². The Morgan fingerprint density at radius 3 is 2.71 bits per heavy atom. The number of benzene rings is 1. The van der Waals surface area contributed by atoms with E-state index in [0.717, 1.165) is 11.7 Å². The molecule has 1 fully saturated rings. The van der Waals surface area contributed by atoms with E-state index in [1.165, 1.54) is 37.3 Å². The number of unbranched alkanes of at least 4 members (excludes halogenated alkanes) is 1. The summed E-state index contributed by atoms with van der Waals surface area (Å²) in [6, 6.07) is 10.0. The molecule has 0 saturated heterocycles. The van der Waals surface area contributed by atoms with Crippen LogP contribution in [0.5, 0.6) is 5.75 Å². The maximum absolute atomic E-state index is 6.26. The lowest BCUT2D eigenvalue weighted by Crippen LogP contribution is -2.33. The van der Waals surface area contributed by atoms with Crippen LogP contribution in [0.25, 0.3) is 0 Å². The first-order chi connectivity index (χ1) is 8.11. The molecular formula is C15H24OSi. The standard InChI is InChI=1S/C15H24OSi/c1-4-5-11-17(2,3)16-15-8-6-7-14(12-15)13-9-10-13/h6-8,12-13H,4-5,9-11H2,1-3H3. The minimum atomic E-state index is -1.50. The fourth-order valence-electron chi connectivity index (χ4n) is 2.22. The molecule has 94 valence electrons. The fraction of sp³-hybridized carbons (Fsp3) is 0.600. The minimum absolute atomic E-state index is 0.818. The third-order valence-corrected chi connectivity index (χ3v) is 5.78. The summed E-state index contributed by atoms with van der Waals surface area (Å²) in [5.74, 6) is 1.92. The maximum atomic E-state index is 6.26. The van der Waals surface area contributed by atoms with Crippen molar-refractivity contribution in [2.24, 2.45) is 0 Å². The quantitative estimate of drug-likeness (QED) is 0.647. The van der Waals surface area contributed by atoms with Gasteiger partial charge >= 0.3 is 0 Å². The van der Waals surface area contributed by atoms with Gasteiger partial charge in [-0.1, -0.05) is 31.9 Å². The molecule has 1 aliphatic carbocycles. The predicted molar refractivity (Wildman–Crippen MR) is 76.2 cm³/mol. The molecule has 0 aliphatic heterocycles. The van der Waals surface area contributed by atoms with E-state index in [1.54, 1.807) is 0 Å².